The fraction of sp³-hybridized carbons (Fsp3) is 0.263. The normalized spacial score (nSPS) is 10.7. The zero-order chi connectivity index (χ0) is 18.9. The van der Waals surface area contributed by atoms with E-state index >= 15 is 0 Å². The van der Waals surface area contributed by atoms with Gasteiger partial charge in [0, 0.05) is 16.7 Å². The SMILES string of the molecule is COc1ccc(CCNC(N)=NCC(=O)Nc2cc(Br)ccc2C)cc1.I. The molecule has 146 valence electrons. The summed E-state index contributed by atoms with van der Waals surface area (Å²) >= 11 is 3.39. The highest BCUT2D eigenvalue weighted by molar-refractivity contribution is 14.0. The van der Waals surface area contributed by atoms with Crippen molar-refractivity contribution in [2.45, 2.75) is 13.3 Å². The molecule has 0 aliphatic carbocycles. The van der Waals surface area contributed by atoms with Crippen LogP contribution < -0.4 is 21.1 Å². The largest absolute Gasteiger partial charge is 0.497 e. The number of methoxy groups -OCH3 is 1. The van der Waals surface area contributed by atoms with E-state index in [0.717, 1.165) is 33.5 Å². The summed E-state index contributed by atoms with van der Waals surface area (Å²) < 4.78 is 6.03. The third kappa shape index (κ3) is 8.17. The molecule has 4 N–H and O–H groups in total. The molecule has 0 fully saturated rings. The van der Waals surface area contributed by atoms with Crippen molar-refractivity contribution in [3.8, 4) is 5.75 Å². The highest BCUT2D eigenvalue weighted by Crippen LogP contribution is 2.20. The van der Waals surface area contributed by atoms with Gasteiger partial charge in [-0.25, -0.2) is 4.99 Å². The monoisotopic (exact) mass is 546 g/mol. The summed E-state index contributed by atoms with van der Waals surface area (Å²) in [5.74, 6) is 0.861. The van der Waals surface area contributed by atoms with Crippen molar-refractivity contribution in [2.75, 3.05) is 25.5 Å². The van der Waals surface area contributed by atoms with Gasteiger partial charge in [0.2, 0.25) is 5.91 Å². The number of guanidine groups is 1. The van der Waals surface area contributed by atoms with E-state index < -0.39 is 0 Å². The van der Waals surface area contributed by atoms with Crippen LogP contribution >= 0.6 is 39.9 Å². The number of halogens is 2. The van der Waals surface area contributed by atoms with E-state index in [0.29, 0.717) is 6.54 Å². The molecular weight excluding hydrogens is 523 g/mol. The molecule has 0 atom stereocenters. The van der Waals surface area contributed by atoms with Crippen LogP contribution in [0.5, 0.6) is 5.75 Å². The third-order valence-corrected chi connectivity index (χ3v) is 4.24. The van der Waals surface area contributed by atoms with Crippen molar-refractivity contribution in [2.24, 2.45) is 10.7 Å². The van der Waals surface area contributed by atoms with Crippen LogP contribution in [-0.4, -0.2) is 32.1 Å². The van der Waals surface area contributed by atoms with E-state index in [9.17, 15) is 4.79 Å². The third-order valence-electron chi connectivity index (χ3n) is 3.75. The van der Waals surface area contributed by atoms with E-state index in [1.54, 1.807) is 7.11 Å². The molecule has 0 aliphatic rings. The van der Waals surface area contributed by atoms with Gasteiger partial charge in [-0.1, -0.05) is 34.1 Å². The molecule has 0 bridgehead atoms. The summed E-state index contributed by atoms with van der Waals surface area (Å²) in [7, 11) is 1.64. The molecule has 27 heavy (non-hydrogen) atoms. The predicted octanol–water partition coefficient (Wildman–Crippen LogP) is 3.47. The van der Waals surface area contributed by atoms with Crippen molar-refractivity contribution in [3.63, 3.8) is 0 Å². The Balaban J connectivity index is 0.00000364. The number of nitrogens with one attached hydrogen (secondary N) is 2. The van der Waals surface area contributed by atoms with Crippen LogP contribution in [0.25, 0.3) is 0 Å². The van der Waals surface area contributed by atoms with Gasteiger partial charge in [0.1, 0.15) is 12.3 Å². The second-order valence-corrected chi connectivity index (χ2v) is 6.65. The van der Waals surface area contributed by atoms with Crippen molar-refractivity contribution in [1.29, 1.82) is 0 Å². The number of aryl methyl sites for hydroxylation is 1. The number of hydrogen-bond acceptors (Lipinski definition) is 3. The van der Waals surface area contributed by atoms with Crippen LogP contribution in [0.1, 0.15) is 11.1 Å². The Morgan fingerprint density at radius 3 is 2.59 bits per heavy atom. The van der Waals surface area contributed by atoms with Gasteiger partial charge in [0.15, 0.2) is 5.96 Å². The number of hydrogen-bond donors (Lipinski definition) is 3. The first-order valence-corrected chi connectivity index (χ1v) is 9.00. The highest BCUT2D eigenvalue weighted by Gasteiger charge is 2.05. The van der Waals surface area contributed by atoms with Gasteiger partial charge in [0.25, 0.3) is 0 Å². The number of anilines is 1. The molecule has 2 aromatic carbocycles. The topological polar surface area (TPSA) is 88.7 Å². The van der Waals surface area contributed by atoms with Gasteiger partial charge in [-0.15, -0.1) is 24.0 Å². The molecule has 0 aliphatic heterocycles. The zero-order valence-corrected chi connectivity index (χ0v) is 19.2. The van der Waals surface area contributed by atoms with E-state index in [2.05, 4.69) is 31.6 Å². The van der Waals surface area contributed by atoms with E-state index in [1.807, 2.05) is 49.4 Å². The fourth-order valence-corrected chi connectivity index (χ4v) is 2.62. The summed E-state index contributed by atoms with van der Waals surface area (Å²) in [6, 6.07) is 13.5. The number of benzene rings is 2. The Labute approximate surface area is 185 Å². The summed E-state index contributed by atoms with van der Waals surface area (Å²) in [6.07, 6.45) is 0.795. The maximum Gasteiger partial charge on any atom is 0.246 e. The van der Waals surface area contributed by atoms with Crippen molar-refractivity contribution >= 4 is 57.5 Å². The molecule has 6 nitrogen and oxygen atoms in total. The molecule has 0 spiro atoms. The Kier molecular flexibility index (Phi) is 10.2. The van der Waals surface area contributed by atoms with Crippen LogP contribution in [0.15, 0.2) is 51.9 Å². The number of carbonyl (C=O) groups is 1. The number of ether oxygens (including phenoxy) is 1. The van der Waals surface area contributed by atoms with Gasteiger partial charge >= 0.3 is 0 Å². The number of carbonyl (C=O) groups excluding carboxylic acids is 1. The van der Waals surface area contributed by atoms with Gasteiger partial charge in [0.05, 0.1) is 7.11 Å². The quantitative estimate of drug-likeness (QED) is 0.282. The fourth-order valence-electron chi connectivity index (χ4n) is 2.26. The lowest BCUT2D eigenvalue weighted by Crippen LogP contribution is -2.34. The minimum absolute atomic E-state index is 0. The number of amides is 1. The number of rotatable bonds is 7. The van der Waals surface area contributed by atoms with Crippen molar-refractivity contribution in [3.05, 3.63) is 58.1 Å². The lowest BCUT2D eigenvalue weighted by atomic mass is 10.1. The molecule has 0 heterocycles. The molecule has 0 saturated heterocycles. The lowest BCUT2D eigenvalue weighted by molar-refractivity contribution is -0.114. The summed E-state index contributed by atoms with van der Waals surface area (Å²) in [5, 5.41) is 5.84. The van der Waals surface area contributed by atoms with Crippen LogP contribution in [0.2, 0.25) is 0 Å². The summed E-state index contributed by atoms with van der Waals surface area (Å²) in [5.41, 5.74) is 8.71. The molecular formula is C19H24BrIN4O2. The average Bonchev–Trinajstić information content (AvgIpc) is 2.63. The van der Waals surface area contributed by atoms with Crippen molar-refractivity contribution in [1.82, 2.24) is 5.32 Å². The number of nitrogens with two attached hydrogens (primary N) is 1. The standard InChI is InChI=1S/C19H23BrN4O2.HI/c1-13-3-6-15(20)11-17(13)24-18(25)12-23-19(21)22-10-9-14-4-7-16(26-2)8-5-14;/h3-8,11H,9-10,12H2,1-2H3,(H,24,25)(H3,21,22,23);1H. The van der Waals surface area contributed by atoms with Crippen LogP contribution in [-0.2, 0) is 11.2 Å². The summed E-state index contributed by atoms with van der Waals surface area (Å²) in [4.78, 5) is 16.1. The Hall–Kier alpha value is -1.81. The van der Waals surface area contributed by atoms with Crippen LogP contribution in [0, 0.1) is 6.92 Å². The maximum absolute atomic E-state index is 12.0. The van der Waals surface area contributed by atoms with Gasteiger partial charge in [-0.2, -0.15) is 0 Å². The molecule has 1 amide bonds. The van der Waals surface area contributed by atoms with E-state index in [1.165, 1.54) is 0 Å². The second-order valence-electron chi connectivity index (χ2n) is 5.73. The second kappa shape index (κ2) is 11.8. The van der Waals surface area contributed by atoms with Crippen molar-refractivity contribution < 1.29 is 9.53 Å². The smallest absolute Gasteiger partial charge is 0.246 e. The Morgan fingerprint density at radius 1 is 1.22 bits per heavy atom. The average molecular weight is 547 g/mol. The highest BCUT2D eigenvalue weighted by atomic mass is 127. The van der Waals surface area contributed by atoms with Gasteiger partial charge in [-0.3, -0.25) is 4.79 Å². The molecule has 2 aromatic rings. The molecule has 2 rings (SSSR count). The molecule has 0 unspecified atom stereocenters. The first-order valence-electron chi connectivity index (χ1n) is 8.20. The van der Waals surface area contributed by atoms with E-state index in [4.69, 9.17) is 10.5 Å². The molecule has 0 radical (unpaired) electrons. The molecule has 8 heteroatoms. The number of aliphatic imine (C=N–C) groups is 1. The Morgan fingerprint density at radius 2 is 1.93 bits per heavy atom. The zero-order valence-electron chi connectivity index (χ0n) is 15.3. The lowest BCUT2D eigenvalue weighted by Gasteiger charge is -2.09. The van der Waals surface area contributed by atoms with Crippen LogP contribution in [0.3, 0.4) is 0 Å². The first-order chi connectivity index (χ1) is 12.5. The maximum atomic E-state index is 12.0. The molecule has 0 aromatic heterocycles. The number of nitrogens with zero attached hydrogens (tertiary/aromatic N) is 1. The molecule has 0 saturated carbocycles. The minimum Gasteiger partial charge on any atom is -0.497 e. The first kappa shape index (κ1) is 23.2. The van der Waals surface area contributed by atoms with Gasteiger partial charge in [-0.05, 0) is 48.7 Å². The Bertz CT molecular complexity index is 782. The van der Waals surface area contributed by atoms with E-state index in [-0.39, 0.29) is 42.4 Å². The minimum atomic E-state index is -0.217. The summed E-state index contributed by atoms with van der Waals surface area (Å²) in [6.45, 7) is 2.53. The van der Waals surface area contributed by atoms with Crippen LogP contribution in [0.4, 0.5) is 5.69 Å². The predicted molar refractivity (Wildman–Crippen MR) is 124 cm³/mol. The van der Waals surface area contributed by atoms with Gasteiger partial charge < -0.3 is 21.1 Å².